The van der Waals surface area contributed by atoms with E-state index in [4.69, 9.17) is 11.6 Å². The molecule has 5 rings (SSSR count). The van der Waals surface area contributed by atoms with E-state index < -0.39 is 29.9 Å². The molecule has 1 atom stereocenters. The van der Waals surface area contributed by atoms with Gasteiger partial charge in [-0.3, -0.25) is 14.5 Å². The van der Waals surface area contributed by atoms with E-state index in [1.165, 1.54) is 17.3 Å². The Kier molecular flexibility index (Phi) is 4.75. The molecule has 0 bridgehead atoms. The number of carbonyl (C=O) groups excluding carboxylic acids is 3. The maximum absolute atomic E-state index is 13.3. The van der Waals surface area contributed by atoms with Gasteiger partial charge in [0.1, 0.15) is 24.7 Å². The van der Waals surface area contributed by atoms with Crippen molar-refractivity contribution in [2.75, 3.05) is 11.9 Å². The van der Waals surface area contributed by atoms with E-state index in [0.717, 1.165) is 28.2 Å². The molecule has 2 N–H and O–H groups in total. The first-order valence-corrected chi connectivity index (χ1v) is 10.9. The van der Waals surface area contributed by atoms with Crippen molar-refractivity contribution in [3.05, 3.63) is 57.8 Å². The van der Waals surface area contributed by atoms with E-state index in [0.29, 0.717) is 22.8 Å². The smallest absolute Gasteiger partial charge is 0.323 e. The Balaban J connectivity index is 1.37. The topological polar surface area (TPSA) is 109 Å². The molecule has 11 heteroatoms. The van der Waals surface area contributed by atoms with E-state index in [-0.39, 0.29) is 0 Å². The molecule has 1 spiro atoms. The van der Waals surface area contributed by atoms with Crippen LogP contribution >= 0.6 is 22.9 Å². The standard InChI is InChI=1S/C20H17ClN6O3S/c21-12-3-4-15(27-11-22-10-23-27)14(8-12)24-17(28)9-26-18(29)20(25-19(26)30)6-1-2-16-13(20)5-7-31-16/h3-5,7-8,10-11H,1-2,6,9H2,(H,24,28)(H,25,30). The lowest BCUT2D eigenvalue weighted by molar-refractivity contribution is -0.134. The second-order valence-electron chi connectivity index (χ2n) is 7.39. The highest BCUT2D eigenvalue weighted by Gasteiger charge is 2.54. The monoisotopic (exact) mass is 456 g/mol. The minimum atomic E-state index is -1.08. The van der Waals surface area contributed by atoms with Crippen LogP contribution in [0, 0.1) is 0 Å². The summed E-state index contributed by atoms with van der Waals surface area (Å²) in [5.74, 6) is -0.917. The molecule has 1 aliphatic heterocycles. The Morgan fingerprint density at radius 3 is 3.00 bits per heavy atom. The van der Waals surface area contributed by atoms with Gasteiger partial charge in [0.25, 0.3) is 5.91 Å². The van der Waals surface area contributed by atoms with E-state index in [9.17, 15) is 14.4 Å². The Morgan fingerprint density at radius 2 is 2.19 bits per heavy atom. The molecule has 158 valence electrons. The highest BCUT2D eigenvalue weighted by molar-refractivity contribution is 7.10. The van der Waals surface area contributed by atoms with E-state index >= 15 is 0 Å². The van der Waals surface area contributed by atoms with Gasteiger partial charge in [0, 0.05) is 15.5 Å². The summed E-state index contributed by atoms with van der Waals surface area (Å²) in [5, 5.41) is 12.0. The molecule has 4 amide bonds. The number of imide groups is 1. The zero-order chi connectivity index (χ0) is 21.6. The van der Waals surface area contributed by atoms with Gasteiger partial charge in [-0.15, -0.1) is 11.3 Å². The van der Waals surface area contributed by atoms with Gasteiger partial charge in [0.05, 0.1) is 11.4 Å². The van der Waals surface area contributed by atoms with Crippen LogP contribution in [-0.4, -0.2) is 44.1 Å². The molecular formula is C20H17ClN6O3S. The van der Waals surface area contributed by atoms with Crippen molar-refractivity contribution in [2.24, 2.45) is 0 Å². The highest BCUT2D eigenvalue weighted by atomic mass is 35.5. The summed E-state index contributed by atoms with van der Waals surface area (Å²) in [5.41, 5.74) is 0.711. The molecule has 1 aliphatic carbocycles. The van der Waals surface area contributed by atoms with E-state index in [1.54, 1.807) is 29.5 Å². The number of halogens is 1. The predicted octanol–water partition coefficient (Wildman–Crippen LogP) is 2.70. The van der Waals surface area contributed by atoms with Crippen LogP contribution in [0.2, 0.25) is 5.02 Å². The molecule has 1 unspecified atom stereocenters. The first-order valence-electron chi connectivity index (χ1n) is 9.63. The number of nitrogens with one attached hydrogen (secondary N) is 2. The number of rotatable bonds is 4. The van der Waals surface area contributed by atoms with E-state index in [1.807, 2.05) is 11.4 Å². The number of hydrogen-bond donors (Lipinski definition) is 2. The van der Waals surface area contributed by atoms with Gasteiger partial charge in [-0.1, -0.05) is 11.6 Å². The lowest BCUT2D eigenvalue weighted by atomic mass is 9.80. The molecule has 2 aromatic heterocycles. The zero-order valence-corrected chi connectivity index (χ0v) is 17.7. The van der Waals surface area contributed by atoms with Gasteiger partial charge in [-0.2, -0.15) is 5.10 Å². The lowest BCUT2D eigenvalue weighted by Crippen LogP contribution is -2.46. The molecule has 1 saturated heterocycles. The fourth-order valence-electron chi connectivity index (χ4n) is 4.16. The van der Waals surface area contributed by atoms with Gasteiger partial charge in [0.2, 0.25) is 5.91 Å². The Bertz CT molecular complexity index is 1190. The SMILES string of the molecule is O=C(CN1C(=O)NC2(CCCc3sccc32)C1=O)Nc1cc(Cl)ccc1-n1cncn1. The van der Waals surface area contributed by atoms with Crippen molar-refractivity contribution < 1.29 is 14.4 Å². The summed E-state index contributed by atoms with van der Waals surface area (Å²) < 4.78 is 1.48. The molecule has 9 nitrogen and oxygen atoms in total. The van der Waals surface area contributed by atoms with Gasteiger partial charge in [-0.25, -0.2) is 14.5 Å². The fourth-order valence-corrected chi connectivity index (χ4v) is 5.33. The van der Waals surface area contributed by atoms with Crippen LogP contribution in [0.5, 0.6) is 0 Å². The fraction of sp³-hybridized carbons (Fsp3) is 0.250. The first kappa shape index (κ1) is 19.7. The van der Waals surface area contributed by atoms with Crippen LogP contribution in [0.15, 0.2) is 42.3 Å². The Labute approximate surface area is 186 Å². The second kappa shape index (κ2) is 7.47. The lowest BCUT2D eigenvalue weighted by Gasteiger charge is -2.31. The van der Waals surface area contributed by atoms with Crippen molar-refractivity contribution >= 4 is 46.5 Å². The molecule has 1 aromatic carbocycles. The van der Waals surface area contributed by atoms with Crippen molar-refractivity contribution in [3.63, 3.8) is 0 Å². The number of nitrogens with zero attached hydrogens (tertiary/aromatic N) is 4. The Hall–Kier alpha value is -3.24. The van der Waals surface area contributed by atoms with Crippen LogP contribution in [0.1, 0.15) is 23.3 Å². The van der Waals surface area contributed by atoms with Crippen molar-refractivity contribution in [1.82, 2.24) is 25.0 Å². The Morgan fingerprint density at radius 1 is 1.32 bits per heavy atom. The number of thiophene rings is 1. The maximum Gasteiger partial charge on any atom is 0.325 e. The number of carbonyl (C=O) groups is 3. The second-order valence-corrected chi connectivity index (χ2v) is 8.82. The average molecular weight is 457 g/mol. The third-order valence-corrected chi connectivity index (χ3v) is 6.75. The average Bonchev–Trinajstić information content (AvgIpc) is 3.47. The van der Waals surface area contributed by atoms with Crippen molar-refractivity contribution in [1.29, 1.82) is 0 Å². The minimum Gasteiger partial charge on any atom is -0.323 e. The summed E-state index contributed by atoms with van der Waals surface area (Å²) in [6, 6.07) is 6.24. The normalized spacial score (nSPS) is 20.1. The number of benzene rings is 1. The summed E-state index contributed by atoms with van der Waals surface area (Å²) >= 11 is 7.67. The number of fused-ring (bicyclic) bond motifs is 2. The van der Waals surface area contributed by atoms with E-state index in [2.05, 4.69) is 20.7 Å². The number of aryl methyl sites for hydroxylation is 1. The van der Waals surface area contributed by atoms with Crippen molar-refractivity contribution in [2.45, 2.75) is 24.8 Å². The number of hydrogen-bond acceptors (Lipinski definition) is 6. The number of urea groups is 1. The molecule has 2 aliphatic rings. The third-order valence-electron chi connectivity index (χ3n) is 5.54. The summed E-state index contributed by atoms with van der Waals surface area (Å²) in [6.07, 6.45) is 5.06. The summed E-state index contributed by atoms with van der Waals surface area (Å²) in [6.45, 7) is -0.408. The maximum atomic E-state index is 13.3. The van der Waals surface area contributed by atoms with Gasteiger partial charge in [-0.05, 0) is 48.9 Å². The quantitative estimate of drug-likeness (QED) is 0.586. The number of anilines is 1. The van der Waals surface area contributed by atoms with Crippen LogP contribution in [0.25, 0.3) is 5.69 Å². The summed E-state index contributed by atoms with van der Waals surface area (Å²) in [7, 11) is 0. The van der Waals surface area contributed by atoms with Gasteiger partial charge in [0.15, 0.2) is 0 Å². The highest BCUT2D eigenvalue weighted by Crippen LogP contribution is 2.42. The molecule has 3 aromatic rings. The van der Waals surface area contributed by atoms with Gasteiger partial charge < -0.3 is 10.6 Å². The molecule has 31 heavy (non-hydrogen) atoms. The number of amides is 4. The van der Waals surface area contributed by atoms with Crippen LogP contribution in [0.4, 0.5) is 10.5 Å². The third kappa shape index (κ3) is 3.28. The minimum absolute atomic E-state index is 0.391. The van der Waals surface area contributed by atoms with Crippen LogP contribution in [0.3, 0.4) is 0 Å². The first-order chi connectivity index (χ1) is 15.0. The van der Waals surface area contributed by atoms with Crippen LogP contribution in [-0.2, 0) is 21.5 Å². The molecule has 1 fully saturated rings. The molecule has 3 heterocycles. The van der Waals surface area contributed by atoms with Crippen LogP contribution < -0.4 is 10.6 Å². The molecular weight excluding hydrogens is 440 g/mol. The summed E-state index contributed by atoms with van der Waals surface area (Å²) in [4.78, 5) is 44.7. The molecule has 0 radical (unpaired) electrons. The molecule has 0 saturated carbocycles. The van der Waals surface area contributed by atoms with Crippen molar-refractivity contribution in [3.8, 4) is 5.69 Å². The number of aromatic nitrogens is 3. The predicted molar refractivity (Wildman–Crippen MR) is 114 cm³/mol. The van der Waals surface area contributed by atoms with Gasteiger partial charge >= 0.3 is 6.03 Å². The largest absolute Gasteiger partial charge is 0.325 e. The zero-order valence-electron chi connectivity index (χ0n) is 16.2.